The van der Waals surface area contributed by atoms with Crippen molar-refractivity contribution in [1.82, 2.24) is 10.2 Å². The van der Waals surface area contributed by atoms with E-state index in [1.165, 1.54) is 32.5 Å². The Morgan fingerprint density at radius 1 is 1.36 bits per heavy atom. The monoisotopic (exact) mass is 200 g/mol. The van der Waals surface area contributed by atoms with Crippen LogP contribution in [0, 0.1) is 0 Å². The van der Waals surface area contributed by atoms with Crippen LogP contribution in [-0.4, -0.2) is 50.3 Å². The predicted octanol–water partition coefficient (Wildman–Crippen LogP) is 1.10. The van der Waals surface area contributed by atoms with Gasteiger partial charge in [0.05, 0.1) is 6.61 Å². The van der Waals surface area contributed by atoms with E-state index in [0.29, 0.717) is 6.04 Å². The molecule has 1 saturated heterocycles. The van der Waals surface area contributed by atoms with Gasteiger partial charge in [-0.15, -0.1) is 0 Å². The fraction of sp³-hybridized carbons (Fsp3) is 1.00. The number of ether oxygens (including phenoxy) is 1. The van der Waals surface area contributed by atoms with Crippen molar-refractivity contribution in [3.63, 3.8) is 0 Å². The van der Waals surface area contributed by atoms with Crippen molar-refractivity contribution < 1.29 is 4.74 Å². The van der Waals surface area contributed by atoms with E-state index in [2.05, 4.69) is 17.1 Å². The molecule has 14 heavy (non-hydrogen) atoms. The van der Waals surface area contributed by atoms with Crippen LogP contribution in [0.1, 0.15) is 26.7 Å². The highest BCUT2D eigenvalue weighted by Crippen LogP contribution is 2.05. The highest BCUT2D eigenvalue weighted by molar-refractivity contribution is 4.68. The van der Waals surface area contributed by atoms with E-state index in [-0.39, 0.29) is 0 Å². The van der Waals surface area contributed by atoms with Gasteiger partial charge in [-0.1, -0.05) is 0 Å². The summed E-state index contributed by atoms with van der Waals surface area (Å²) in [6.07, 6.45) is 2.77. The third-order valence-corrected chi connectivity index (χ3v) is 2.69. The van der Waals surface area contributed by atoms with Gasteiger partial charge in [-0.05, 0) is 39.8 Å². The average molecular weight is 200 g/mol. The summed E-state index contributed by atoms with van der Waals surface area (Å²) in [5.74, 6) is 0. The van der Waals surface area contributed by atoms with Gasteiger partial charge in [0, 0.05) is 25.7 Å². The molecule has 3 heteroatoms. The molecule has 1 aliphatic rings. The van der Waals surface area contributed by atoms with Crippen LogP contribution in [0.4, 0.5) is 0 Å². The maximum Gasteiger partial charge on any atom is 0.0616 e. The van der Waals surface area contributed by atoms with Crippen LogP contribution in [0.3, 0.4) is 0 Å². The molecular weight excluding hydrogens is 176 g/mol. The molecule has 0 bridgehead atoms. The van der Waals surface area contributed by atoms with E-state index in [0.717, 1.165) is 19.8 Å². The molecule has 0 aromatic heterocycles. The smallest absolute Gasteiger partial charge is 0.0616 e. The van der Waals surface area contributed by atoms with Gasteiger partial charge in [-0.2, -0.15) is 0 Å². The van der Waals surface area contributed by atoms with Gasteiger partial charge in [0.15, 0.2) is 0 Å². The third-order valence-electron chi connectivity index (χ3n) is 2.69. The molecule has 0 aromatic rings. The Bertz CT molecular complexity index is 135. The van der Waals surface area contributed by atoms with Crippen LogP contribution in [0.25, 0.3) is 0 Å². The second-order valence-electron chi connectivity index (χ2n) is 4.06. The lowest BCUT2D eigenvalue weighted by atomic mass is 10.3. The maximum atomic E-state index is 5.34. The van der Waals surface area contributed by atoms with Crippen LogP contribution < -0.4 is 5.32 Å². The van der Waals surface area contributed by atoms with Crippen molar-refractivity contribution in [2.75, 3.05) is 39.4 Å². The Morgan fingerprint density at radius 3 is 2.71 bits per heavy atom. The Labute approximate surface area is 87.8 Å². The normalized spacial score (nSPS) is 20.1. The van der Waals surface area contributed by atoms with Crippen molar-refractivity contribution in [2.45, 2.75) is 32.7 Å². The zero-order valence-electron chi connectivity index (χ0n) is 9.59. The van der Waals surface area contributed by atoms with Crippen molar-refractivity contribution in [3.05, 3.63) is 0 Å². The molecule has 1 fully saturated rings. The number of likely N-dealkylation sites (tertiary alicyclic amines) is 1. The first-order valence-electron chi connectivity index (χ1n) is 5.86. The second kappa shape index (κ2) is 7.21. The third kappa shape index (κ3) is 4.94. The summed E-state index contributed by atoms with van der Waals surface area (Å²) in [5.41, 5.74) is 0. The fourth-order valence-corrected chi connectivity index (χ4v) is 1.83. The molecule has 0 aromatic carbocycles. The molecule has 1 N–H and O–H groups in total. The lowest BCUT2D eigenvalue weighted by molar-refractivity contribution is 0.126. The van der Waals surface area contributed by atoms with Crippen molar-refractivity contribution in [3.8, 4) is 0 Å². The molecule has 0 amide bonds. The average Bonchev–Trinajstić information content (AvgIpc) is 2.67. The van der Waals surface area contributed by atoms with Crippen molar-refractivity contribution >= 4 is 0 Å². The summed E-state index contributed by atoms with van der Waals surface area (Å²) in [7, 11) is 0. The zero-order valence-corrected chi connectivity index (χ0v) is 9.59. The molecule has 0 saturated carbocycles. The minimum atomic E-state index is 0.484. The Balaban J connectivity index is 1.91. The van der Waals surface area contributed by atoms with Crippen LogP contribution in [0.5, 0.6) is 0 Å². The van der Waals surface area contributed by atoms with Crippen LogP contribution in [0.2, 0.25) is 0 Å². The fourth-order valence-electron chi connectivity index (χ4n) is 1.83. The second-order valence-corrected chi connectivity index (χ2v) is 4.06. The summed E-state index contributed by atoms with van der Waals surface area (Å²) in [4.78, 5) is 2.53. The number of nitrogens with zero attached hydrogens (tertiary/aromatic N) is 1. The van der Waals surface area contributed by atoms with Gasteiger partial charge < -0.3 is 15.0 Å². The van der Waals surface area contributed by atoms with E-state index >= 15 is 0 Å². The Morgan fingerprint density at radius 2 is 2.07 bits per heavy atom. The van der Waals surface area contributed by atoms with E-state index in [1.54, 1.807) is 0 Å². The Kier molecular flexibility index (Phi) is 6.15. The minimum absolute atomic E-state index is 0.484. The van der Waals surface area contributed by atoms with Gasteiger partial charge in [-0.3, -0.25) is 0 Å². The highest BCUT2D eigenvalue weighted by atomic mass is 16.5. The lowest BCUT2D eigenvalue weighted by Crippen LogP contribution is -2.37. The number of nitrogens with one attached hydrogen (secondary N) is 1. The summed E-state index contributed by atoms with van der Waals surface area (Å²) in [6, 6.07) is 0.484. The predicted molar refractivity (Wildman–Crippen MR) is 59.6 cm³/mol. The van der Waals surface area contributed by atoms with Crippen molar-refractivity contribution in [2.24, 2.45) is 0 Å². The molecule has 0 spiro atoms. The lowest BCUT2D eigenvalue weighted by Gasteiger charge is -2.18. The van der Waals surface area contributed by atoms with Gasteiger partial charge >= 0.3 is 0 Å². The molecular formula is C11H24N2O. The van der Waals surface area contributed by atoms with E-state index in [4.69, 9.17) is 4.74 Å². The standard InChI is InChI=1S/C11H24N2O/c1-3-14-10-11(2)12-6-9-13-7-4-5-8-13/h11-12H,3-10H2,1-2H3. The van der Waals surface area contributed by atoms with Crippen LogP contribution >= 0.6 is 0 Å². The summed E-state index contributed by atoms with van der Waals surface area (Å²) < 4.78 is 5.34. The van der Waals surface area contributed by atoms with E-state index in [9.17, 15) is 0 Å². The first-order valence-corrected chi connectivity index (χ1v) is 5.86. The summed E-state index contributed by atoms with van der Waals surface area (Å²) in [5, 5.41) is 3.48. The minimum Gasteiger partial charge on any atom is -0.380 e. The molecule has 1 rings (SSSR count). The summed E-state index contributed by atoms with van der Waals surface area (Å²) >= 11 is 0. The molecule has 1 atom stereocenters. The van der Waals surface area contributed by atoms with Gasteiger partial charge in [-0.25, -0.2) is 0 Å². The number of rotatable bonds is 7. The summed E-state index contributed by atoms with van der Waals surface area (Å²) in [6.45, 7) is 10.7. The topological polar surface area (TPSA) is 24.5 Å². The van der Waals surface area contributed by atoms with E-state index in [1.807, 2.05) is 6.92 Å². The number of hydrogen-bond acceptors (Lipinski definition) is 3. The molecule has 1 heterocycles. The molecule has 0 aliphatic carbocycles. The first-order chi connectivity index (χ1) is 6.83. The zero-order chi connectivity index (χ0) is 10.2. The van der Waals surface area contributed by atoms with Crippen molar-refractivity contribution in [1.29, 1.82) is 0 Å². The maximum absolute atomic E-state index is 5.34. The molecule has 1 aliphatic heterocycles. The van der Waals surface area contributed by atoms with E-state index < -0.39 is 0 Å². The molecule has 3 nitrogen and oxygen atoms in total. The Hall–Kier alpha value is -0.120. The van der Waals surface area contributed by atoms with Gasteiger partial charge in [0.25, 0.3) is 0 Å². The van der Waals surface area contributed by atoms with Gasteiger partial charge in [0.1, 0.15) is 0 Å². The largest absolute Gasteiger partial charge is 0.380 e. The molecule has 0 radical (unpaired) electrons. The molecule has 1 unspecified atom stereocenters. The van der Waals surface area contributed by atoms with Crippen LogP contribution in [0.15, 0.2) is 0 Å². The number of hydrogen-bond donors (Lipinski definition) is 1. The SMILES string of the molecule is CCOCC(C)NCCN1CCCC1. The van der Waals surface area contributed by atoms with Crippen LogP contribution in [-0.2, 0) is 4.74 Å². The first kappa shape index (κ1) is 12.0. The molecule has 84 valence electrons. The quantitative estimate of drug-likeness (QED) is 0.666. The highest BCUT2D eigenvalue weighted by Gasteiger charge is 2.10. The van der Waals surface area contributed by atoms with Gasteiger partial charge in [0.2, 0.25) is 0 Å².